The van der Waals surface area contributed by atoms with Crippen LogP contribution < -0.4 is 9.47 Å². The molecule has 8 heteroatoms. The summed E-state index contributed by atoms with van der Waals surface area (Å²) in [5.41, 5.74) is -0.475. The molecular weight excluding hydrogens is 371 g/mol. The van der Waals surface area contributed by atoms with Crippen molar-refractivity contribution in [3.63, 3.8) is 0 Å². The van der Waals surface area contributed by atoms with Gasteiger partial charge in [0.2, 0.25) is 12.2 Å². The Bertz CT molecular complexity index is 824. The van der Waals surface area contributed by atoms with Crippen LogP contribution in [-0.2, 0) is 16.3 Å². The van der Waals surface area contributed by atoms with E-state index in [2.05, 4.69) is 4.98 Å². The van der Waals surface area contributed by atoms with E-state index in [1.54, 1.807) is 18.2 Å². The van der Waals surface area contributed by atoms with Gasteiger partial charge in [0.1, 0.15) is 16.5 Å². The second kappa shape index (κ2) is 6.63. The second-order valence-electron chi connectivity index (χ2n) is 6.40. The molecule has 0 N–H and O–H groups in total. The molecule has 2 heterocycles. The summed E-state index contributed by atoms with van der Waals surface area (Å²) in [6, 6.07) is 5.90. The van der Waals surface area contributed by atoms with E-state index in [4.69, 9.17) is 25.8 Å². The van der Waals surface area contributed by atoms with Crippen LogP contribution in [-0.4, -0.2) is 17.9 Å². The lowest BCUT2D eigenvalue weighted by molar-refractivity contribution is -0.137. The maximum atomic E-state index is 12.7. The van der Waals surface area contributed by atoms with Crippen LogP contribution in [0.1, 0.15) is 31.9 Å². The summed E-state index contributed by atoms with van der Waals surface area (Å²) in [4.78, 5) is 3.68. The highest BCUT2D eigenvalue weighted by Crippen LogP contribution is 2.45. The van der Waals surface area contributed by atoms with Crippen LogP contribution in [0.15, 0.2) is 30.5 Å². The van der Waals surface area contributed by atoms with Gasteiger partial charge in [-0.15, -0.1) is 0 Å². The molecule has 4 nitrogen and oxygen atoms in total. The summed E-state index contributed by atoms with van der Waals surface area (Å²) >= 11 is 5.89. The molecule has 26 heavy (non-hydrogen) atoms. The molecule has 0 saturated carbocycles. The minimum Gasteiger partial charge on any atom is -0.464 e. The Kier molecular flexibility index (Phi) is 4.79. The van der Waals surface area contributed by atoms with Crippen molar-refractivity contribution in [1.29, 1.82) is 0 Å². The zero-order valence-corrected chi connectivity index (χ0v) is 15.1. The molecule has 0 saturated heterocycles. The Morgan fingerprint density at radius 2 is 2.00 bits per heavy atom. The van der Waals surface area contributed by atoms with Crippen molar-refractivity contribution in [3.05, 3.63) is 46.6 Å². The zero-order chi connectivity index (χ0) is 19.1. The van der Waals surface area contributed by atoms with Crippen molar-refractivity contribution >= 4 is 11.6 Å². The number of nitrogens with zero attached hydrogens (tertiary/aromatic N) is 1. The highest BCUT2D eigenvalue weighted by Gasteiger charge is 2.42. The van der Waals surface area contributed by atoms with Crippen molar-refractivity contribution in [2.24, 2.45) is 0 Å². The van der Waals surface area contributed by atoms with Gasteiger partial charge < -0.3 is 14.2 Å². The summed E-state index contributed by atoms with van der Waals surface area (Å²) < 4.78 is 55.1. The van der Waals surface area contributed by atoms with Gasteiger partial charge in [-0.3, -0.25) is 0 Å². The number of fused-ring (bicyclic) bond motifs is 1. The SMILES string of the molecule is CCOC1Oc2ccc(Oc3ncc(C(F)(F)F)cc3Cl)cc2C1(C)C. The molecule has 0 radical (unpaired) electrons. The summed E-state index contributed by atoms with van der Waals surface area (Å²) in [5.74, 6) is 0.969. The first-order valence-corrected chi connectivity index (χ1v) is 8.34. The van der Waals surface area contributed by atoms with Crippen molar-refractivity contribution in [1.82, 2.24) is 4.98 Å². The first kappa shape index (κ1) is 18.8. The maximum Gasteiger partial charge on any atom is 0.417 e. The Morgan fingerprint density at radius 3 is 2.62 bits per heavy atom. The normalized spacial score (nSPS) is 18.3. The Hall–Kier alpha value is -1.99. The third-order valence-corrected chi connectivity index (χ3v) is 4.41. The number of hydrogen-bond donors (Lipinski definition) is 0. The molecule has 0 spiro atoms. The van der Waals surface area contributed by atoms with Gasteiger partial charge in [0.05, 0.1) is 11.0 Å². The fourth-order valence-corrected chi connectivity index (χ4v) is 2.93. The minimum atomic E-state index is -4.52. The minimum absolute atomic E-state index is 0.0994. The molecule has 1 aliphatic rings. The highest BCUT2D eigenvalue weighted by atomic mass is 35.5. The van der Waals surface area contributed by atoms with Crippen molar-refractivity contribution in [2.75, 3.05) is 6.61 Å². The molecule has 1 aromatic heterocycles. The van der Waals surface area contributed by atoms with Gasteiger partial charge in [-0.25, -0.2) is 4.98 Å². The number of benzene rings is 1. The van der Waals surface area contributed by atoms with Gasteiger partial charge in [-0.05, 0) is 45.0 Å². The van der Waals surface area contributed by atoms with Crippen LogP contribution in [0.4, 0.5) is 13.2 Å². The van der Waals surface area contributed by atoms with Gasteiger partial charge in [-0.1, -0.05) is 11.6 Å². The number of pyridine rings is 1. The van der Waals surface area contributed by atoms with Gasteiger partial charge >= 0.3 is 6.18 Å². The van der Waals surface area contributed by atoms with E-state index in [-0.39, 0.29) is 10.9 Å². The predicted octanol–water partition coefficient (Wildman–Crippen LogP) is 5.58. The smallest absolute Gasteiger partial charge is 0.417 e. The lowest BCUT2D eigenvalue weighted by Gasteiger charge is -2.25. The Labute approximate surface area is 153 Å². The molecule has 1 aliphatic heterocycles. The van der Waals surface area contributed by atoms with E-state index >= 15 is 0 Å². The van der Waals surface area contributed by atoms with Crippen LogP contribution in [0.2, 0.25) is 5.02 Å². The molecular formula is C18H17ClF3NO3. The average molecular weight is 388 g/mol. The zero-order valence-electron chi connectivity index (χ0n) is 14.4. The third-order valence-electron chi connectivity index (χ3n) is 4.14. The average Bonchev–Trinajstić information content (AvgIpc) is 2.80. The van der Waals surface area contributed by atoms with Crippen LogP contribution in [0, 0.1) is 0 Å². The molecule has 0 amide bonds. The number of rotatable bonds is 4. The molecule has 0 fully saturated rings. The van der Waals surface area contributed by atoms with E-state index in [9.17, 15) is 13.2 Å². The number of halogens is 4. The van der Waals surface area contributed by atoms with Gasteiger partial charge in [0.25, 0.3) is 0 Å². The highest BCUT2D eigenvalue weighted by molar-refractivity contribution is 6.31. The molecule has 3 rings (SSSR count). The largest absolute Gasteiger partial charge is 0.464 e. The summed E-state index contributed by atoms with van der Waals surface area (Å²) in [5, 5.41) is -0.219. The molecule has 140 valence electrons. The van der Waals surface area contributed by atoms with Crippen molar-refractivity contribution < 1.29 is 27.4 Å². The topological polar surface area (TPSA) is 40.6 Å². The monoisotopic (exact) mass is 387 g/mol. The number of ether oxygens (including phenoxy) is 3. The number of alkyl halides is 3. The predicted molar refractivity (Wildman–Crippen MR) is 89.8 cm³/mol. The van der Waals surface area contributed by atoms with E-state index in [1.165, 1.54) is 0 Å². The van der Waals surface area contributed by atoms with E-state index < -0.39 is 23.4 Å². The van der Waals surface area contributed by atoms with E-state index in [0.717, 1.165) is 11.6 Å². The molecule has 1 unspecified atom stereocenters. The van der Waals surface area contributed by atoms with Gasteiger partial charge in [0, 0.05) is 18.4 Å². The quantitative estimate of drug-likeness (QED) is 0.686. The maximum absolute atomic E-state index is 12.7. The molecule has 0 bridgehead atoms. The Morgan fingerprint density at radius 1 is 1.27 bits per heavy atom. The summed E-state index contributed by atoms with van der Waals surface area (Å²) in [6.07, 6.45) is -4.25. The van der Waals surface area contributed by atoms with Crippen molar-refractivity contribution in [2.45, 2.75) is 38.7 Å². The van der Waals surface area contributed by atoms with Crippen LogP contribution in [0.3, 0.4) is 0 Å². The molecule has 0 aliphatic carbocycles. The second-order valence-corrected chi connectivity index (χ2v) is 6.80. The lowest BCUT2D eigenvalue weighted by Crippen LogP contribution is -2.34. The standard InChI is InChI=1S/C18H17ClF3NO3/c1-4-24-16-17(2,3)12-8-11(5-6-14(12)26-16)25-15-13(19)7-10(9-23-15)18(20,21)22/h5-9,16H,4H2,1-3H3. The number of hydrogen-bond acceptors (Lipinski definition) is 4. The fourth-order valence-electron chi connectivity index (χ4n) is 2.73. The lowest BCUT2D eigenvalue weighted by atomic mass is 9.85. The molecule has 1 aromatic carbocycles. The third kappa shape index (κ3) is 3.46. The van der Waals surface area contributed by atoms with Gasteiger partial charge in [0.15, 0.2) is 0 Å². The van der Waals surface area contributed by atoms with Crippen molar-refractivity contribution in [3.8, 4) is 17.4 Å². The first-order chi connectivity index (χ1) is 12.1. The van der Waals surface area contributed by atoms with Crippen LogP contribution >= 0.6 is 11.6 Å². The summed E-state index contributed by atoms with van der Waals surface area (Å²) in [7, 11) is 0. The fraction of sp³-hybridized carbons (Fsp3) is 0.389. The summed E-state index contributed by atoms with van der Waals surface area (Å²) in [6.45, 7) is 6.35. The molecule has 2 aromatic rings. The first-order valence-electron chi connectivity index (χ1n) is 7.96. The van der Waals surface area contributed by atoms with Crippen LogP contribution in [0.5, 0.6) is 17.4 Å². The van der Waals surface area contributed by atoms with Gasteiger partial charge in [-0.2, -0.15) is 13.2 Å². The van der Waals surface area contributed by atoms with E-state index in [1.807, 2.05) is 20.8 Å². The van der Waals surface area contributed by atoms with Crippen LogP contribution in [0.25, 0.3) is 0 Å². The number of aromatic nitrogens is 1. The Balaban J connectivity index is 1.87. The molecule has 1 atom stereocenters. The van der Waals surface area contributed by atoms with E-state index in [0.29, 0.717) is 24.3 Å².